The molecule has 1 aliphatic heterocycles. The number of carbonyl (C=O) groups is 1. The molecule has 1 saturated heterocycles. The second-order valence-corrected chi connectivity index (χ2v) is 5.76. The molecule has 22 heavy (non-hydrogen) atoms. The van der Waals surface area contributed by atoms with Gasteiger partial charge in [0, 0.05) is 39.3 Å². The Morgan fingerprint density at radius 3 is 2.41 bits per heavy atom. The van der Waals surface area contributed by atoms with Gasteiger partial charge in [-0.15, -0.1) is 0 Å². The Morgan fingerprint density at radius 2 is 1.86 bits per heavy atom. The van der Waals surface area contributed by atoms with Crippen molar-refractivity contribution in [2.24, 2.45) is 4.99 Å². The van der Waals surface area contributed by atoms with E-state index in [1.165, 1.54) is 12.8 Å². The molecule has 2 rings (SSSR count). The first-order valence-electron chi connectivity index (χ1n) is 7.95. The SMILES string of the molecule is CCNC(=NCc1ccc(C(=O)N(C)C)cc1)N1CCCC1. The average molecular weight is 302 g/mol. The van der Waals surface area contributed by atoms with Gasteiger partial charge in [0.25, 0.3) is 5.91 Å². The Hall–Kier alpha value is -2.04. The summed E-state index contributed by atoms with van der Waals surface area (Å²) >= 11 is 0. The first kappa shape index (κ1) is 16.3. The molecule has 1 fully saturated rings. The van der Waals surface area contributed by atoms with Crippen molar-refractivity contribution in [1.82, 2.24) is 15.1 Å². The molecule has 1 aromatic rings. The van der Waals surface area contributed by atoms with Gasteiger partial charge in [0.15, 0.2) is 5.96 Å². The van der Waals surface area contributed by atoms with E-state index in [4.69, 9.17) is 4.99 Å². The third kappa shape index (κ3) is 4.23. The van der Waals surface area contributed by atoms with Gasteiger partial charge in [0.2, 0.25) is 0 Å². The van der Waals surface area contributed by atoms with Crippen LogP contribution >= 0.6 is 0 Å². The van der Waals surface area contributed by atoms with Gasteiger partial charge in [0.1, 0.15) is 0 Å². The minimum Gasteiger partial charge on any atom is -0.357 e. The predicted molar refractivity (Wildman–Crippen MR) is 90.1 cm³/mol. The van der Waals surface area contributed by atoms with Crippen LogP contribution in [0.25, 0.3) is 0 Å². The molecule has 5 nitrogen and oxygen atoms in total. The highest BCUT2D eigenvalue weighted by Gasteiger charge is 2.15. The van der Waals surface area contributed by atoms with E-state index >= 15 is 0 Å². The molecule has 5 heteroatoms. The monoisotopic (exact) mass is 302 g/mol. The van der Waals surface area contributed by atoms with Gasteiger partial charge in [-0.05, 0) is 37.5 Å². The minimum absolute atomic E-state index is 0.0282. The van der Waals surface area contributed by atoms with E-state index < -0.39 is 0 Å². The molecular formula is C17H26N4O. The van der Waals surface area contributed by atoms with Crippen LogP contribution in [0, 0.1) is 0 Å². The Kier molecular flexibility index (Phi) is 5.81. The molecule has 1 aromatic carbocycles. The summed E-state index contributed by atoms with van der Waals surface area (Å²) in [4.78, 5) is 20.5. The van der Waals surface area contributed by atoms with E-state index in [9.17, 15) is 4.79 Å². The number of amides is 1. The first-order valence-corrected chi connectivity index (χ1v) is 7.95. The lowest BCUT2D eigenvalue weighted by atomic mass is 10.1. The fourth-order valence-corrected chi connectivity index (χ4v) is 2.53. The number of hydrogen-bond acceptors (Lipinski definition) is 2. The number of benzene rings is 1. The zero-order chi connectivity index (χ0) is 15.9. The maximum Gasteiger partial charge on any atom is 0.253 e. The van der Waals surface area contributed by atoms with Crippen LogP contribution in [-0.4, -0.2) is 55.4 Å². The molecule has 1 amide bonds. The molecule has 0 atom stereocenters. The van der Waals surface area contributed by atoms with Crippen molar-refractivity contribution < 1.29 is 4.79 Å². The number of likely N-dealkylation sites (tertiary alicyclic amines) is 1. The standard InChI is InChI=1S/C17H26N4O/c1-4-18-17(21-11-5-6-12-21)19-13-14-7-9-15(10-8-14)16(22)20(2)3/h7-10H,4-6,11-13H2,1-3H3,(H,18,19). The lowest BCUT2D eigenvalue weighted by Gasteiger charge is -2.20. The van der Waals surface area contributed by atoms with Crippen LogP contribution in [0.5, 0.6) is 0 Å². The number of hydrogen-bond donors (Lipinski definition) is 1. The molecule has 0 bridgehead atoms. The topological polar surface area (TPSA) is 47.9 Å². The van der Waals surface area contributed by atoms with E-state index in [0.717, 1.165) is 31.2 Å². The van der Waals surface area contributed by atoms with Crippen LogP contribution in [0.2, 0.25) is 0 Å². The average Bonchev–Trinajstić information content (AvgIpc) is 3.05. The number of nitrogens with zero attached hydrogens (tertiary/aromatic N) is 3. The lowest BCUT2D eigenvalue weighted by molar-refractivity contribution is 0.0827. The van der Waals surface area contributed by atoms with E-state index in [0.29, 0.717) is 12.1 Å². The maximum atomic E-state index is 11.9. The summed E-state index contributed by atoms with van der Waals surface area (Å²) in [7, 11) is 3.53. The van der Waals surface area contributed by atoms with Gasteiger partial charge in [-0.25, -0.2) is 4.99 Å². The predicted octanol–water partition coefficient (Wildman–Crippen LogP) is 1.95. The van der Waals surface area contributed by atoms with Gasteiger partial charge < -0.3 is 15.1 Å². The smallest absolute Gasteiger partial charge is 0.253 e. The minimum atomic E-state index is 0.0282. The first-order chi connectivity index (χ1) is 10.6. The second kappa shape index (κ2) is 7.82. The summed E-state index contributed by atoms with van der Waals surface area (Å²) in [6, 6.07) is 7.70. The number of nitrogens with one attached hydrogen (secondary N) is 1. The highest BCUT2D eigenvalue weighted by molar-refractivity contribution is 5.93. The van der Waals surface area contributed by atoms with Crippen LogP contribution < -0.4 is 5.32 Å². The van der Waals surface area contributed by atoms with Gasteiger partial charge in [-0.2, -0.15) is 0 Å². The third-order valence-corrected chi connectivity index (χ3v) is 3.76. The van der Waals surface area contributed by atoms with Crippen LogP contribution in [-0.2, 0) is 6.54 Å². The van der Waals surface area contributed by atoms with Gasteiger partial charge in [-0.3, -0.25) is 4.79 Å². The highest BCUT2D eigenvalue weighted by Crippen LogP contribution is 2.10. The van der Waals surface area contributed by atoms with Crippen molar-refractivity contribution in [2.45, 2.75) is 26.3 Å². The summed E-state index contributed by atoms with van der Waals surface area (Å²) in [6.45, 7) is 5.78. The van der Waals surface area contributed by atoms with E-state index in [1.54, 1.807) is 19.0 Å². The van der Waals surface area contributed by atoms with E-state index in [2.05, 4.69) is 17.1 Å². The molecule has 0 aromatic heterocycles. The van der Waals surface area contributed by atoms with Crippen LogP contribution in [0.15, 0.2) is 29.3 Å². The second-order valence-electron chi connectivity index (χ2n) is 5.76. The molecule has 0 unspecified atom stereocenters. The Bertz CT molecular complexity index is 516. The summed E-state index contributed by atoms with van der Waals surface area (Å²) in [5, 5.41) is 3.35. The number of guanidine groups is 1. The fraction of sp³-hybridized carbons (Fsp3) is 0.529. The number of aliphatic imine (C=N–C) groups is 1. The van der Waals surface area contributed by atoms with E-state index in [-0.39, 0.29) is 5.91 Å². The highest BCUT2D eigenvalue weighted by atomic mass is 16.2. The normalized spacial score (nSPS) is 15.0. The van der Waals surface area contributed by atoms with Gasteiger partial charge in [0.05, 0.1) is 6.54 Å². The van der Waals surface area contributed by atoms with Crippen LogP contribution in [0.1, 0.15) is 35.7 Å². The van der Waals surface area contributed by atoms with Crippen LogP contribution in [0.4, 0.5) is 0 Å². The number of rotatable bonds is 4. The molecule has 0 radical (unpaired) electrons. The summed E-state index contributed by atoms with van der Waals surface area (Å²) in [5.41, 5.74) is 1.83. The fourth-order valence-electron chi connectivity index (χ4n) is 2.53. The summed E-state index contributed by atoms with van der Waals surface area (Å²) < 4.78 is 0. The molecule has 0 saturated carbocycles. The lowest BCUT2D eigenvalue weighted by Crippen LogP contribution is -2.39. The van der Waals surface area contributed by atoms with E-state index in [1.807, 2.05) is 24.3 Å². The van der Waals surface area contributed by atoms with Crippen molar-refractivity contribution in [3.63, 3.8) is 0 Å². The van der Waals surface area contributed by atoms with Gasteiger partial charge in [-0.1, -0.05) is 12.1 Å². The molecule has 1 heterocycles. The molecule has 0 spiro atoms. The molecule has 120 valence electrons. The van der Waals surface area contributed by atoms with Crippen LogP contribution in [0.3, 0.4) is 0 Å². The Balaban J connectivity index is 2.02. The quantitative estimate of drug-likeness (QED) is 0.683. The van der Waals surface area contributed by atoms with Crippen molar-refractivity contribution >= 4 is 11.9 Å². The van der Waals surface area contributed by atoms with Crippen molar-refractivity contribution in [3.8, 4) is 0 Å². The van der Waals surface area contributed by atoms with Crippen molar-refractivity contribution in [2.75, 3.05) is 33.7 Å². The van der Waals surface area contributed by atoms with Gasteiger partial charge >= 0.3 is 0 Å². The Labute approximate surface area is 133 Å². The Morgan fingerprint density at radius 1 is 1.23 bits per heavy atom. The third-order valence-electron chi connectivity index (χ3n) is 3.76. The molecule has 1 aliphatic rings. The van der Waals surface area contributed by atoms with Crippen molar-refractivity contribution in [1.29, 1.82) is 0 Å². The maximum absolute atomic E-state index is 11.9. The molecule has 1 N–H and O–H groups in total. The largest absolute Gasteiger partial charge is 0.357 e. The zero-order valence-electron chi connectivity index (χ0n) is 13.8. The number of carbonyl (C=O) groups excluding carboxylic acids is 1. The summed E-state index contributed by atoms with van der Waals surface area (Å²) in [6.07, 6.45) is 2.48. The summed E-state index contributed by atoms with van der Waals surface area (Å²) in [5.74, 6) is 1.02. The zero-order valence-corrected chi connectivity index (χ0v) is 13.8. The molecular weight excluding hydrogens is 276 g/mol. The van der Waals surface area contributed by atoms with Crippen molar-refractivity contribution in [3.05, 3.63) is 35.4 Å². The molecule has 0 aliphatic carbocycles.